The molecular formula is C9H17ClN+. The Hall–Kier alpha value is -0.0400. The van der Waals surface area contributed by atoms with Crippen molar-refractivity contribution in [3.05, 3.63) is 0 Å². The molecule has 0 spiro atoms. The average Bonchev–Trinajstić information content (AvgIpc) is 2.16. The van der Waals surface area contributed by atoms with Gasteiger partial charge in [-0.05, 0) is 24.4 Å². The minimum atomic E-state index is 1.16. The van der Waals surface area contributed by atoms with Crippen molar-refractivity contribution in [2.45, 2.75) is 38.5 Å². The van der Waals surface area contributed by atoms with Gasteiger partial charge >= 0.3 is 0 Å². The number of nitrogens with zero attached hydrogens (tertiary/aromatic N) is 1. The summed E-state index contributed by atoms with van der Waals surface area (Å²) in [6.45, 7) is 2.31. The monoisotopic (exact) mass is 174 g/mol. The molecule has 0 unspecified atom stereocenters. The molecule has 1 aliphatic rings. The van der Waals surface area contributed by atoms with Crippen LogP contribution in [0.4, 0.5) is 0 Å². The Bertz CT molecular complexity index is 120. The molecule has 0 atom stereocenters. The zero-order valence-corrected chi connectivity index (χ0v) is 7.82. The van der Waals surface area contributed by atoms with Gasteiger partial charge in [0.25, 0.3) is 0 Å². The Kier molecular flexibility index (Phi) is 4.60. The molecule has 0 radical (unpaired) electrons. The predicted octanol–water partition coefficient (Wildman–Crippen LogP) is 2.62. The van der Waals surface area contributed by atoms with Gasteiger partial charge in [-0.25, -0.2) is 4.58 Å². The Morgan fingerprint density at radius 1 is 0.818 bits per heavy atom. The van der Waals surface area contributed by atoms with E-state index in [1.807, 2.05) is 0 Å². The second kappa shape index (κ2) is 5.59. The summed E-state index contributed by atoms with van der Waals surface area (Å²) in [5, 5.41) is 0. The minimum absolute atomic E-state index is 1.16. The fraction of sp³-hybridized carbons (Fsp3) is 0.889. The highest BCUT2D eigenvalue weighted by atomic mass is 35.5. The van der Waals surface area contributed by atoms with Gasteiger partial charge in [-0.3, -0.25) is 0 Å². The van der Waals surface area contributed by atoms with Gasteiger partial charge < -0.3 is 0 Å². The van der Waals surface area contributed by atoms with Gasteiger partial charge in [0.2, 0.25) is 5.67 Å². The molecule has 64 valence electrons. The van der Waals surface area contributed by atoms with Gasteiger partial charge in [0.15, 0.2) is 0 Å². The standard InChI is InChI=1S/C9H17ClN/c10-9-11-7-5-3-1-2-4-6-8-11/h9H,1-8H2/q+1. The van der Waals surface area contributed by atoms with E-state index in [-0.39, 0.29) is 0 Å². The third-order valence-electron chi connectivity index (χ3n) is 2.28. The Morgan fingerprint density at radius 3 is 1.73 bits per heavy atom. The van der Waals surface area contributed by atoms with Crippen LogP contribution in [-0.2, 0) is 0 Å². The summed E-state index contributed by atoms with van der Waals surface area (Å²) in [7, 11) is 0. The molecule has 1 saturated heterocycles. The molecule has 0 N–H and O–H groups in total. The lowest BCUT2D eigenvalue weighted by atomic mass is 10.1. The molecule has 0 saturated carbocycles. The number of rotatable bonds is 0. The van der Waals surface area contributed by atoms with Crippen LogP contribution in [0.25, 0.3) is 0 Å². The van der Waals surface area contributed by atoms with Crippen molar-refractivity contribution in [1.82, 2.24) is 0 Å². The SMILES string of the molecule is ClC=[N+]1CCCCCCCC1. The molecule has 11 heavy (non-hydrogen) atoms. The quantitative estimate of drug-likeness (QED) is 0.497. The highest BCUT2D eigenvalue weighted by molar-refractivity contribution is 6.54. The Balaban J connectivity index is 2.31. The van der Waals surface area contributed by atoms with E-state index in [9.17, 15) is 0 Å². The first-order valence-corrected chi connectivity index (χ1v) is 5.05. The van der Waals surface area contributed by atoms with Crippen LogP contribution in [0, 0.1) is 0 Å². The second-order valence-electron chi connectivity index (χ2n) is 3.25. The Morgan fingerprint density at radius 2 is 1.27 bits per heavy atom. The van der Waals surface area contributed by atoms with Crippen LogP contribution in [0.5, 0.6) is 0 Å². The van der Waals surface area contributed by atoms with Gasteiger partial charge in [0, 0.05) is 12.8 Å². The van der Waals surface area contributed by atoms with E-state index in [1.54, 1.807) is 5.67 Å². The van der Waals surface area contributed by atoms with E-state index < -0.39 is 0 Å². The zero-order chi connectivity index (χ0) is 7.94. The third-order valence-corrected chi connectivity index (χ3v) is 2.55. The van der Waals surface area contributed by atoms with Crippen molar-refractivity contribution in [1.29, 1.82) is 0 Å². The topological polar surface area (TPSA) is 3.01 Å². The van der Waals surface area contributed by atoms with E-state index in [4.69, 9.17) is 11.6 Å². The largest absolute Gasteiger partial charge is 0.232 e. The van der Waals surface area contributed by atoms with Crippen LogP contribution in [0.3, 0.4) is 0 Å². The molecule has 1 aliphatic heterocycles. The lowest BCUT2D eigenvalue weighted by molar-refractivity contribution is -0.522. The van der Waals surface area contributed by atoms with Crippen LogP contribution >= 0.6 is 11.6 Å². The molecule has 0 bridgehead atoms. The minimum Gasteiger partial charge on any atom is -0.226 e. The van der Waals surface area contributed by atoms with Crippen molar-refractivity contribution < 1.29 is 4.58 Å². The predicted molar refractivity (Wildman–Crippen MR) is 49.6 cm³/mol. The second-order valence-corrected chi connectivity index (χ2v) is 3.45. The molecule has 0 aromatic carbocycles. The third kappa shape index (κ3) is 3.76. The summed E-state index contributed by atoms with van der Waals surface area (Å²) in [4.78, 5) is 0. The number of hydrogen-bond acceptors (Lipinski definition) is 0. The van der Waals surface area contributed by atoms with Crippen LogP contribution in [0.1, 0.15) is 38.5 Å². The molecule has 0 aromatic rings. The van der Waals surface area contributed by atoms with Crippen molar-refractivity contribution in [3.63, 3.8) is 0 Å². The van der Waals surface area contributed by atoms with Crippen LogP contribution in [0.2, 0.25) is 0 Å². The highest BCUT2D eigenvalue weighted by Gasteiger charge is 2.05. The summed E-state index contributed by atoms with van der Waals surface area (Å²) in [5.74, 6) is 0. The van der Waals surface area contributed by atoms with E-state index in [0.717, 1.165) is 13.1 Å². The van der Waals surface area contributed by atoms with Gasteiger partial charge in [-0.2, -0.15) is 0 Å². The average molecular weight is 175 g/mol. The maximum absolute atomic E-state index is 5.66. The molecule has 0 aromatic heterocycles. The first kappa shape index (κ1) is 9.05. The molecule has 2 heteroatoms. The first-order valence-electron chi connectivity index (χ1n) is 4.61. The molecule has 1 heterocycles. The molecule has 1 rings (SSSR count). The summed E-state index contributed by atoms with van der Waals surface area (Å²) in [6, 6.07) is 0. The fourth-order valence-corrected chi connectivity index (χ4v) is 1.74. The molecule has 0 aliphatic carbocycles. The van der Waals surface area contributed by atoms with Crippen molar-refractivity contribution in [2.24, 2.45) is 0 Å². The van der Waals surface area contributed by atoms with Crippen molar-refractivity contribution in [2.75, 3.05) is 13.1 Å². The molecule has 0 amide bonds. The highest BCUT2D eigenvalue weighted by Crippen LogP contribution is 2.08. The van der Waals surface area contributed by atoms with Crippen molar-refractivity contribution >= 4 is 17.3 Å². The number of hydrogen-bond donors (Lipinski definition) is 0. The van der Waals surface area contributed by atoms with E-state index in [0.29, 0.717) is 0 Å². The summed E-state index contributed by atoms with van der Waals surface area (Å²) < 4.78 is 2.23. The van der Waals surface area contributed by atoms with Gasteiger partial charge in [0.1, 0.15) is 13.1 Å². The smallest absolute Gasteiger partial charge is 0.226 e. The first-order chi connectivity index (χ1) is 5.43. The normalized spacial score (nSPS) is 21.7. The molecule has 1 nitrogen and oxygen atoms in total. The zero-order valence-electron chi connectivity index (χ0n) is 7.06. The van der Waals surface area contributed by atoms with Gasteiger partial charge in [-0.1, -0.05) is 12.8 Å². The lowest BCUT2D eigenvalue weighted by Gasteiger charge is -1.97. The summed E-state index contributed by atoms with van der Waals surface area (Å²) in [5.41, 5.74) is 1.71. The van der Waals surface area contributed by atoms with E-state index >= 15 is 0 Å². The van der Waals surface area contributed by atoms with E-state index in [1.165, 1.54) is 38.5 Å². The molecular weight excluding hydrogens is 158 g/mol. The van der Waals surface area contributed by atoms with Gasteiger partial charge in [0.05, 0.1) is 0 Å². The van der Waals surface area contributed by atoms with Gasteiger partial charge in [-0.15, -0.1) is 0 Å². The number of halogens is 1. The van der Waals surface area contributed by atoms with Crippen LogP contribution in [-0.4, -0.2) is 23.3 Å². The summed E-state index contributed by atoms with van der Waals surface area (Å²) in [6.07, 6.45) is 8.20. The Labute approximate surface area is 74.1 Å². The maximum atomic E-state index is 5.66. The molecule has 1 fully saturated rings. The fourth-order valence-electron chi connectivity index (χ4n) is 1.55. The van der Waals surface area contributed by atoms with Crippen LogP contribution in [0.15, 0.2) is 0 Å². The summed E-state index contributed by atoms with van der Waals surface area (Å²) >= 11 is 5.66. The van der Waals surface area contributed by atoms with Crippen molar-refractivity contribution in [3.8, 4) is 0 Å². The maximum Gasteiger partial charge on any atom is 0.232 e. The van der Waals surface area contributed by atoms with E-state index in [2.05, 4.69) is 4.58 Å². The van der Waals surface area contributed by atoms with Crippen LogP contribution < -0.4 is 0 Å². The lowest BCUT2D eigenvalue weighted by Crippen LogP contribution is -2.13.